The molecule has 0 aromatic rings. The molecule has 6 heteroatoms. The van der Waals surface area contributed by atoms with Crippen LogP contribution in [0.15, 0.2) is 0 Å². The van der Waals surface area contributed by atoms with Crippen LogP contribution in [0, 0.1) is 0 Å². The Balaban J connectivity index is 2.01. The van der Waals surface area contributed by atoms with E-state index in [-0.39, 0.29) is 5.53 Å². The normalized spacial score (nSPS) is 36.5. The molecule has 1 heterocycles. The lowest BCUT2D eigenvalue weighted by Gasteiger charge is -2.18. The van der Waals surface area contributed by atoms with Gasteiger partial charge in [-0.25, -0.2) is 0 Å². The molecule has 0 spiro atoms. The van der Waals surface area contributed by atoms with Gasteiger partial charge in [0.25, 0.3) is 0 Å². The molecule has 0 nitrogen and oxygen atoms in total. The van der Waals surface area contributed by atoms with Gasteiger partial charge in [-0.2, -0.15) is 0 Å². The summed E-state index contributed by atoms with van der Waals surface area (Å²) in [5.41, 5.74) is 0.231. The van der Waals surface area contributed by atoms with E-state index in [4.69, 9.17) is 0 Å². The van der Waals surface area contributed by atoms with Crippen LogP contribution in [0.3, 0.4) is 0 Å². The summed E-state index contributed by atoms with van der Waals surface area (Å²) in [6, 6.07) is 0. The van der Waals surface area contributed by atoms with Crippen molar-refractivity contribution in [1.82, 2.24) is 0 Å². The van der Waals surface area contributed by atoms with Crippen molar-refractivity contribution in [2.24, 2.45) is 0 Å². The average molecular weight is 192 g/mol. The van der Waals surface area contributed by atoms with Crippen molar-refractivity contribution in [3.05, 3.63) is 0 Å². The zero-order chi connectivity index (χ0) is 4.41. The summed E-state index contributed by atoms with van der Waals surface area (Å²) in [4.78, 5) is 0. The molecule has 1 aliphatic rings. The molecule has 0 aromatic heterocycles. The summed E-state index contributed by atoms with van der Waals surface area (Å²) in [7, 11) is 1.70. The first-order valence-electron chi connectivity index (χ1n) is 1.14. The number of rotatable bonds is 1. The maximum Gasteiger partial charge on any atom is 0.0935 e. The Kier molecular flexibility index (Phi) is 3.53. The summed E-state index contributed by atoms with van der Waals surface area (Å²) < 4.78 is 0. The fourth-order valence-electron chi connectivity index (χ4n) is 0.101. The lowest BCUT2D eigenvalue weighted by atomic mass is 29.3. The van der Waals surface area contributed by atoms with Gasteiger partial charge in [0.2, 0.25) is 0 Å². The van der Waals surface area contributed by atoms with Crippen LogP contribution >= 0.6 is 56.6 Å². The standard InChI is InChI=1S/H2P2S4/c3-6-2-4-1-5-2/h1,3H. The maximum absolute atomic E-state index is 4.06. The van der Waals surface area contributed by atoms with Crippen LogP contribution in [-0.2, 0) is 0 Å². The first-order valence-corrected chi connectivity index (χ1v) is 10.2. The molecule has 1 rings (SSSR count). The molecule has 0 bridgehead atoms. The van der Waals surface area contributed by atoms with Gasteiger partial charge in [-0.1, -0.05) is 22.0 Å². The van der Waals surface area contributed by atoms with Gasteiger partial charge in [-0.05, 0) is 10.4 Å². The van der Waals surface area contributed by atoms with Gasteiger partial charge in [-0.15, -0.1) is 11.7 Å². The Morgan fingerprint density at radius 2 is 2.33 bits per heavy atom. The van der Waals surface area contributed by atoms with Gasteiger partial charge in [-0.3, -0.25) is 0 Å². The van der Waals surface area contributed by atoms with Crippen LogP contribution in [0.4, 0.5) is 0 Å². The van der Waals surface area contributed by atoms with E-state index in [1.54, 1.807) is 10.4 Å². The lowest BCUT2D eigenvalue weighted by Crippen LogP contribution is -1.43. The summed E-state index contributed by atoms with van der Waals surface area (Å²) in [6.07, 6.45) is 0. The van der Waals surface area contributed by atoms with Crippen molar-refractivity contribution < 1.29 is 0 Å². The van der Waals surface area contributed by atoms with E-state index in [1.165, 1.54) is 0 Å². The third-order valence-corrected chi connectivity index (χ3v) is 23.5. The van der Waals surface area contributed by atoms with E-state index < -0.39 is 0 Å². The second kappa shape index (κ2) is 3.32. The van der Waals surface area contributed by atoms with Crippen LogP contribution in [-0.4, -0.2) is 0 Å². The van der Waals surface area contributed by atoms with E-state index >= 15 is 0 Å². The monoisotopic (exact) mass is 192 g/mol. The van der Waals surface area contributed by atoms with Crippen molar-refractivity contribution in [1.29, 1.82) is 0 Å². The number of thiol groups is 1. The van der Waals surface area contributed by atoms with Crippen molar-refractivity contribution in [3.8, 4) is 0 Å². The van der Waals surface area contributed by atoms with Crippen LogP contribution in [0.2, 0.25) is 0 Å². The highest BCUT2D eigenvalue weighted by Gasteiger charge is 2.17. The van der Waals surface area contributed by atoms with E-state index in [9.17, 15) is 0 Å². The predicted molar refractivity (Wildman–Crippen MR) is 47.0 cm³/mol. The third kappa shape index (κ3) is 1.65. The second-order valence-electron chi connectivity index (χ2n) is 0.571. The minimum atomic E-state index is 0.231. The zero-order valence-corrected chi connectivity index (χ0v) is 7.86. The first-order chi connectivity index (χ1) is 2.93. The summed E-state index contributed by atoms with van der Waals surface area (Å²) in [6.45, 7) is 1.10. The van der Waals surface area contributed by atoms with Crippen LogP contribution in [0.1, 0.15) is 0 Å². The lowest BCUT2D eigenvalue weighted by molar-refractivity contribution is 5.07. The molecule has 0 aromatic carbocycles. The fourth-order valence-corrected chi connectivity index (χ4v) is 18.5. The van der Waals surface area contributed by atoms with E-state index in [0.29, 0.717) is 0 Å². The van der Waals surface area contributed by atoms with Crippen molar-refractivity contribution in [3.63, 3.8) is 0 Å². The second-order valence-corrected chi connectivity index (χ2v) is 15.4. The molecule has 0 saturated carbocycles. The van der Waals surface area contributed by atoms with Gasteiger partial charge in [0.1, 0.15) is 0 Å². The summed E-state index contributed by atoms with van der Waals surface area (Å²) >= 11 is 8.15. The van der Waals surface area contributed by atoms with Gasteiger partial charge in [0.05, 0.1) is 5.53 Å². The van der Waals surface area contributed by atoms with Crippen molar-refractivity contribution >= 4 is 56.6 Å². The molecule has 1 fully saturated rings. The Labute approximate surface area is 56.5 Å². The number of hydrogen-bond donors (Lipinski definition) is 1. The highest BCUT2D eigenvalue weighted by Crippen LogP contribution is 2.93. The minimum Gasteiger partial charge on any atom is -0.105 e. The molecule has 1 saturated heterocycles. The Morgan fingerprint density at radius 3 is 2.33 bits per heavy atom. The van der Waals surface area contributed by atoms with Crippen molar-refractivity contribution in [2.45, 2.75) is 0 Å². The highest BCUT2D eigenvalue weighted by molar-refractivity contribution is 9.48. The largest absolute Gasteiger partial charge is 0.105 e. The quantitative estimate of drug-likeness (QED) is 0.381. The van der Waals surface area contributed by atoms with Crippen molar-refractivity contribution in [2.75, 3.05) is 0 Å². The van der Waals surface area contributed by atoms with Gasteiger partial charge in [0.15, 0.2) is 0 Å². The molecule has 0 amide bonds. The van der Waals surface area contributed by atoms with Gasteiger partial charge in [0, 0.05) is 6.98 Å². The van der Waals surface area contributed by atoms with Gasteiger partial charge >= 0.3 is 0 Å². The van der Waals surface area contributed by atoms with E-state index in [0.717, 1.165) is 6.98 Å². The smallest absolute Gasteiger partial charge is 0.0935 e. The summed E-state index contributed by atoms with van der Waals surface area (Å²) in [5.74, 6) is 0. The fraction of sp³-hybridized carbons (Fsp3) is 0. The van der Waals surface area contributed by atoms with Crippen LogP contribution in [0.5, 0.6) is 0 Å². The minimum absolute atomic E-state index is 0.231. The topological polar surface area (TPSA) is 0 Å². The molecule has 0 radical (unpaired) electrons. The average Bonchev–Trinajstić information content (AvgIpc) is 1.31. The molecular weight excluding hydrogens is 190 g/mol. The molecule has 36 valence electrons. The summed E-state index contributed by atoms with van der Waals surface area (Å²) in [5, 5.41) is 0. The zero-order valence-electron chi connectivity index (χ0n) is 2.62. The molecule has 6 heavy (non-hydrogen) atoms. The molecule has 0 aliphatic carbocycles. The molecular formula is H2P2S4. The predicted octanol–water partition coefficient (Wildman–Crippen LogP) is 3.78. The Hall–Kier alpha value is 2.26. The third-order valence-electron chi connectivity index (χ3n) is 0.290. The molecule has 0 N–H and O–H groups in total. The van der Waals surface area contributed by atoms with E-state index in [1.807, 2.05) is 22.0 Å². The molecule has 0 unspecified atom stereocenters. The van der Waals surface area contributed by atoms with Crippen LogP contribution in [0.25, 0.3) is 0 Å². The Morgan fingerprint density at radius 1 is 1.67 bits per heavy atom. The molecule has 0 atom stereocenters. The van der Waals surface area contributed by atoms with Gasteiger partial charge < -0.3 is 0 Å². The maximum atomic E-state index is 4.06. The molecule has 1 aliphatic heterocycles. The SMILES string of the molecule is SSP1SPS1. The number of hydrogen-bond acceptors (Lipinski definition) is 4. The Bertz CT molecular complexity index is 38.1. The van der Waals surface area contributed by atoms with Crippen LogP contribution < -0.4 is 0 Å². The van der Waals surface area contributed by atoms with E-state index in [2.05, 4.69) is 11.7 Å². The first kappa shape index (κ1) is 6.38. The highest BCUT2D eigenvalue weighted by atomic mass is 33.8.